The molecule has 0 aliphatic rings. The van der Waals surface area contributed by atoms with Crippen molar-refractivity contribution in [1.29, 1.82) is 0 Å². The van der Waals surface area contributed by atoms with E-state index in [0.717, 1.165) is 14.6 Å². The van der Waals surface area contributed by atoms with Gasteiger partial charge in [0, 0.05) is 11.5 Å². The molecule has 0 saturated heterocycles. The number of aromatic nitrogens is 4. The van der Waals surface area contributed by atoms with Gasteiger partial charge in [-0.1, -0.05) is 40.2 Å². The molecule has 0 aliphatic carbocycles. The summed E-state index contributed by atoms with van der Waals surface area (Å²) in [6, 6.07) is 7.48. The first-order valence-corrected chi connectivity index (χ1v) is 7.42. The van der Waals surface area contributed by atoms with Crippen LogP contribution in [-0.2, 0) is 7.05 Å². The molecule has 3 aromatic rings. The van der Waals surface area contributed by atoms with Gasteiger partial charge in [-0.15, -0.1) is 0 Å². The average Bonchev–Trinajstić information content (AvgIpc) is 2.52. The summed E-state index contributed by atoms with van der Waals surface area (Å²) in [6.45, 7) is 0. The lowest BCUT2D eigenvalue weighted by atomic mass is 10.2. The Morgan fingerprint density at radius 2 is 1.83 bits per heavy atom. The van der Waals surface area contributed by atoms with E-state index in [1.54, 1.807) is 6.08 Å². The van der Waals surface area contributed by atoms with Crippen LogP contribution >= 0.6 is 15.9 Å². The van der Waals surface area contributed by atoms with E-state index in [2.05, 4.69) is 30.9 Å². The molecule has 0 unspecified atom stereocenters. The summed E-state index contributed by atoms with van der Waals surface area (Å²) in [5.74, 6) is 0. The van der Waals surface area contributed by atoms with Crippen LogP contribution in [0.2, 0.25) is 0 Å². The van der Waals surface area contributed by atoms with Crippen molar-refractivity contribution in [3.05, 3.63) is 71.2 Å². The Bertz CT molecular complexity index is 1110. The number of hydrogen-bond acceptors (Lipinski definition) is 4. The maximum absolute atomic E-state index is 12.1. The van der Waals surface area contributed by atoms with Crippen molar-refractivity contribution in [1.82, 2.24) is 19.5 Å². The molecule has 23 heavy (non-hydrogen) atoms. The van der Waals surface area contributed by atoms with Crippen LogP contribution in [0.3, 0.4) is 0 Å². The van der Waals surface area contributed by atoms with Crippen molar-refractivity contribution in [2.24, 2.45) is 7.05 Å². The highest BCUT2D eigenvalue weighted by molar-refractivity contribution is 9.10. The molecule has 0 spiro atoms. The highest BCUT2D eigenvalue weighted by Crippen LogP contribution is 2.17. The maximum atomic E-state index is 12.1. The standard InChI is InChI=1S/C15H11BrN4O3/c1-20-12-11(14(22)19-15(20)23)17-10(13(21)18-12)7-6-8-4-2-3-5-9(8)16/h2-7H,1H3,(H,18,21)(H,19,22,23). The Morgan fingerprint density at radius 1 is 1.09 bits per heavy atom. The zero-order valence-corrected chi connectivity index (χ0v) is 13.5. The van der Waals surface area contributed by atoms with Gasteiger partial charge in [-0.05, 0) is 17.7 Å². The predicted molar refractivity (Wildman–Crippen MR) is 91.3 cm³/mol. The largest absolute Gasteiger partial charge is 0.329 e. The molecule has 0 fully saturated rings. The van der Waals surface area contributed by atoms with Gasteiger partial charge in [0.25, 0.3) is 11.1 Å². The molecule has 0 bridgehead atoms. The predicted octanol–water partition coefficient (Wildman–Crippen LogP) is 1.24. The third kappa shape index (κ3) is 2.80. The average molecular weight is 375 g/mol. The Balaban J connectivity index is 2.18. The van der Waals surface area contributed by atoms with Gasteiger partial charge in [0.05, 0.1) is 0 Å². The van der Waals surface area contributed by atoms with Gasteiger partial charge in [-0.3, -0.25) is 19.1 Å². The van der Waals surface area contributed by atoms with Crippen LogP contribution in [0.25, 0.3) is 23.3 Å². The second-order valence-electron chi connectivity index (χ2n) is 4.82. The molecule has 2 N–H and O–H groups in total. The molecule has 3 rings (SSSR count). The maximum Gasteiger partial charge on any atom is 0.329 e. The highest BCUT2D eigenvalue weighted by atomic mass is 79.9. The first-order chi connectivity index (χ1) is 11.0. The van der Waals surface area contributed by atoms with Crippen molar-refractivity contribution in [2.45, 2.75) is 0 Å². The van der Waals surface area contributed by atoms with E-state index >= 15 is 0 Å². The molecule has 0 saturated carbocycles. The van der Waals surface area contributed by atoms with Gasteiger partial charge < -0.3 is 4.98 Å². The van der Waals surface area contributed by atoms with E-state index in [9.17, 15) is 14.4 Å². The fraction of sp³-hybridized carbons (Fsp3) is 0.0667. The summed E-state index contributed by atoms with van der Waals surface area (Å²) in [4.78, 5) is 44.2. The summed E-state index contributed by atoms with van der Waals surface area (Å²) in [7, 11) is 1.44. The number of halogens is 1. The van der Waals surface area contributed by atoms with E-state index < -0.39 is 16.8 Å². The van der Waals surface area contributed by atoms with Crippen molar-refractivity contribution in [3.8, 4) is 0 Å². The fourth-order valence-electron chi connectivity index (χ4n) is 2.09. The minimum absolute atomic E-state index is 0.00141. The minimum Gasteiger partial charge on any atom is -0.305 e. The van der Waals surface area contributed by atoms with Crippen molar-refractivity contribution < 1.29 is 0 Å². The van der Waals surface area contributed by atoms with E-state index in [4.69, 9.17) is 0 Å². The van der Waals surface area contributed by atoms with Crippen LogP contribution in [0, 0.1) is 0 Å². The van der Waals surface area contributed by atoms with E-state index in [1.807, 2.05) is 24.3 Å². The third-order valence-electron chi connectivity index (χ3n) is 3.32. The molecule has 0 radical (unpaired) electrons. The molecule has 2 aromatic heterocycles. The van der Waals surface area contributed by atoms with Crippen molar-refractivity contribution >= 4 is 39.2 Å². The van der Waals surface area contributed by atoms with E-state index in [1.165, 1.54) is 13.1 Å². The summed E-state index contributed by atoms with van der Waals surface area (Å²) in [6.07, 6.45) is 3.23. The van der Waals surface area contributed by atoms with Crippen LogP contribution in [0.15, 0.2) is 43.1 Å². The van der Waals surface area contributed by atoms with E-state index in [0.29, 0.717) is 0 Å². The second-order valence-corrected chi connectivity index (χ2v) is 5.68. The SMILES string of the molecule is Cn1c(=O)[nH]c(=O)c2nc(C=Cc3ccccc3Br)c(=O)[nH]c21. The number of aromatic amines is 2. The zero-order valence-electron chi connectivity index (χ0n) is 12.0. The fourth-order valence-corrected chi connectivity index (χ4v) is 2.51. The van der Waals surface area contributed by atoms with Crippen LogP contribution in [0.1, 0.15) is 11.3 Å². The Kier molecular flexibility index (Phi) is 3.83. The normalized spacial score (nSPS) is 11.4. The minimum atomic E-state index is -0.644. The first-order valence-electron chi connectivity index (χ1n) is 6.63. The lowest BCUT2D eigenvalue weighted by Gasteiger charge is -2.03. The number of fused-ring (bicyclic) bond motifs is 1. The zero-order chi connectivity index (χ0) is 16.6. The quantitative estimate of drug-likeness (QED) is 0.704. The number of benzene rings is 1. The van der Waals surface area contributed by atoms with Crippen LogP contribution in [0.5, 0.6) is 0 Å². The lowest BCUT2D eigenvalue weighted by Crippen LogP contribution is -2.31. The molecule has 2 heterocycles. The molecule has 0 atom stereocenters. The second kappa shape index (κ2) is 5.81. The number of hydrogen-bond donors (Lipinski definition) is 2. The smallest absolute Gasteiger partial charge is 0.305 e. The Labute approximate surface area is 137 Å². The number of aryl methyl sites for hydroxylation is 1. The van der Waals surface area contributed by atoms with Gasteiger partial charge in [0.2, 0.25) is 0 Å². The van der Waals surface area contributed by atoms with Gasteiger partial charge in [0.15, 0.2) is 5.52 Å². The van der Waals surface area contributed by atoms with Gasteiger partial charge in [0.1, 0.15) is 11.3 Å². The third-order valence-corrected chi connectivity index (χ3v) is 4.04. The summed E-state index contributed by atoms with van der Waals surface area (Å²) in [5.41, 5.74) is -0.714. The Hall–Kier alpha value is -2.74. The number of rotatable bonds is 2. The number of H-pyrrole nitrogens is 2. The monoisotopic (exact) mass is 374 g/mol. The number of nitrogens with one attached hydrogen (secondary N) is 2. The molecule has 8 heteroatoms. The molecule has 116 valence electrons. The van der Waals surface area contributed by atoms with Crippen LogP contribution in [0.4, 0.5) is 0 Å². The topological polar surface area (TPSA) is 101 Å². The summed E-state index contributed by atoms with van der Waals surface area (Å²) < 4.78 is 2.00. The molecular weight excluding hydrogens is 364 g/mol. The first kappa shape index (κ1) is 15.2. The summed E-state index contributed by atoms with van der Waals surface area (Å²) in [5, 5.41) is 0. The number of nitrogens with zero attached hydrogens (tertiary/aromatic N) is 2. The van der Waals surface area contributed by atoms with Gasteiger partial charge >= 0.3 is 5.69 Å². The van der Waals surface area contributed by atoms with Crippen molar-refractivity contribution in [2.75, 3.05) is 0 Å². The molecule has 7 nitrogen and oxygen atoms in total. The Morgan fingerprint density at radius 3 is 2.57 bits per heavy atom. The molecule has 1 aromatic carbocycles. The molecule has 0 aliphatic heterocycles. The van der Waals surface area contributed by atoms with Crippen LogP contribution < -0.4 is 16.8 Å². The van der Waals surface area contributed by atoms with Crippen molar-refractivity contribution in [3.63, 3.8) is 0 Å². The van der Waals surface area contributed by atoms with E-state index in [-0.39, 0.29) is 16.9 Å². The van der Waals surface area contributed by atoms with Crippen LogP contribution in [-0.4, -0.2) is 19.5 Å². The molecular formula is C15H11BrN4O3. The highest BCUT2D eigenvalue weighted by Gasteiger charge is 2.09. The molecule has 0 amide bonds. The van der Waals surface area contributed by atoms with Gasteiger partial charge in [-0.25, -0.2) is 9.78 Å². The van der Waals surface area contributed by atoms with Gasteiger partial charge in [-0.2, -0.15) is 0 Å². The summed E-state index contributed by atoms with van der Waals surface area (Å²) >= 11 is 3.41. The lowest BCUT2D eigenvalue weighted by molar-refractivity contribution is 0.820.